The number of unbranched alkanes of at least 4 members (excludes halogenated alkanes) is 1. The van der Waals surface area contributed by atoms with Crippen LogP contribution < -0.4 is 11.1 Å². The number of carbonyl (C=O) groups is 3. The van der Waals surface area contributed by atoms with Crippen LogP contribution >= 0.6 is 0 Å². The number of amides is 1. The fraction of sp³-hybridized carbons (Fsp3) is 0.500. The molecule has 1 aromatic carbocycles. The molecule has 0 radical (unpaired) electrons. The van der Waals surface area contributed by atoms with Crippen LogP contribution in [0.5, 0.6) is 0 Å². The van der Waals surface area contributed by atoms with Crippen molar-refractivity contribution in [3.63, 3.8) is 0 Å². The van der Waals surface area contributed by atoms with Crippen LogP contribution in [-0.2, 0) is 30.5 Å². The highest BCUT2D eigenvalue weighted by molar-refractivity contribution is 5.88. The molecule has 1 aromatic rings. The zero-order chi connectivity index (χ0) is 21.6. The first-order valence-electron chi connectivity index (χ1n) is 9.95. The maximum absolute atomic E-state index is 12.4. The third-order valence-corrected chi connectivity index (χ3v) is 4.17. The molecule has 0 aliphatic carbocycles. The minimum absolute atomic E-state index is 0.133. The van der Waals surface area contributed by atoms with Crippen molar-refractivity contribution in [2.45, 2.75) is 58.7 Å². The highest BCUT2D eigenvalue weighted by atomic mass is 16.5. The first-order valence-corrected chi connectivity index (χ1v) is 9.95. The molecular weight excluding hydrogens is 372 g/mol. The number of hydrogen-bond acceptors (Lipinski definition) is 6. The average Bonchev–Trinajstić information content (AvgIpc) is 2.70. The van der Waals surface area contributed by atoms with Crippen molar-refractivity contribution in [3.05, 3.63) is 48.0 Å². The Bertz CT molecular complexity index is 673. The highest BCUT2D eigenvalue weighted by Gasteiger charge is 2.27. The number of nitrogens with two attached hydrogens (primary N) is 1. The Morgan fingerprint density at radius 3 is 2.45 bits per heavy atom. The highest BCUT2D eigenvalue weighted by Crippen LogP contribution is 2.08. The van der Waals surface area contributed by atoms with Gasteiger partial charge in [0.15, 0.2) is 0 Å². The SMILES string of the molecule is CCCCOC(=O)C=CCC(N)C(=O)N[C@H](C(=O)OCc1ccccc1)C(C)C. The quantitative estimate of drug-likeness (QED) is 0.315. The van der Waals surface area contributed by atoms with Gasteiger partial charge in [0.05, 0.1) is 12.6 Å². The lowest BCUT2D eigenvalue weighted by molar-refractivity contribution is -0.150. The van der Waals surface area contributed by atoms with Gasteiger partial charge in [-0.25, -0.2) is 9.59 Å². The lowest BCUT2D eigenvalue weighted by atomic mass is 10.0. The molecule has 1 rings (SSSR count). The normalized spacial score (nSPS) is 13.1. The molecule has 0 fully saturated rings. The lowest BCUT2D eigenvalue weighted by Gasteiger charge is -2.22. The van der Waals surface area contributed by atoms with Crippen LogP contribution in [0.4, 0.5) is 0 Å². The molecule has 1 amide bonds. The molecule has 2 atom stereocenters. The summed E-state index contributed by atoms with van der Waals surface area (Å²) in [5.74, 6) is -1.63. The van der Waals surface area contributed by atoms with Gasteiger partial charge in [-0.1, -0.05) is 63.6 Å². The fourth-order valence-electron chi connectivity index (χ4n) is 2.36. The van der Waals surface area contributed by atoms with Gasteiger partial charge in [-0.2, -0.15) is 0 Å². The van der Waals surface area contributed by atoms with Gasteiger partial charge in [-0.3, -0.25) is 4.79 Å². The molecule has 0 saturated carbocycles. The maximum Gasteiger partial charge on any atom is 0.330 e. The van der Waals surface area contributed by atoms with E-state index in [-0.39, 0.29) is 18.9 Å². The van der Waals surface area contributed by atoms with Gasteiger partial charge in [-0.05, 0) is 24.3 Å². The van der Waals surface area contributed by atoms with E-state index in [4.69, 9.17) is 15.2 Å². The Hall–Kier alpha value is -2.67. The van der Waals surface area contributed by atoms with E-state index in [1.165, 1.54) is 12.2 Å². The van der Waals surface area contributed by atoms with Crippen LogP contribution in [-0.4, -0.2) is 36.5 Å². The predicted octanol–water partition coefficient (Wildman–Crippen LogP) is 2.49. The number of benzene rings is 1. The van der Waals surface area contributed by atoms with Crippen LogP contribution in [0.2, 0.25) is 0 Å². The summed E-state index contributed by atoms with van der Waals surface area (Å²) in [6.07, 6.45) is 4.65. The van der Waals surface area contributed by atoms with Crippen molar-refractivity contribution in [2.75, 3.05) is 6.61 Å². The average molecular weight is 405 g/mol. The van der Waals surface area contributed by atoms with E-state index in [1.807, 2.05) is 51.1 Å². The van der Waals surface area contributed by atoms with Crippen LogP contribution in [0.3, 0.4) is 0 Å². The molecule has 7 nitrogen and oxygen atoms in total. The van der Waals surface area contributed by atoms with Gasteiger partial charge in [0.1, 0.15) is 12.6 Å². The van der Waals surface area contributed by atoms with Crippen molar-refractivity contribution in [1.82, 2.24) is 5.32 Å². The summed E-state index contributed by atoms with van der Waals surface area (Å²) in [6.45, 7) is 6.13. The lowest BCUT2D eigenvalue weighted by Crippen LogP contribution is -2.51. The van der Waals surface area contributed by atoms with E-state index in [1.54, 1.807) is 0 Å². The van der Waals surface area contributed by atoms with E-state index in [2.05, 4.69) is 5.32 Å². The second-order valence-corrected chi connectivity index (χ2v) is 7.09. The predicted molar refractivity (Wildman–Crippen MR) is 111 cm³/mol. The summed E-state index contributed by atoms with van der Waals surface area (Å²) in [6, 6.07) is 7.60. The summed E-state index contributed by atoms with van der Waals surface area (Å²) in [5.41, 5.74) is 6.73. The Morgan fingerprint density at radius 2 is 1.83 bits per heavy atom. The number of rotatable bonds is 12. The van der Waals surface area contributed by atoms with Gasteiger partial charge in [-0.15, -0.1) is 0 Å². The van der Waals surface area contributed by atoms with Crippen LogP contribution in [0.15, 0.2) is 42.5 Å². The third-order valence-electron chi connectivity index (χ3n) is 4.17. The standard InChI is InChI=1S/C22H32N2O5/c1-4-5-14-28-19(25)13-9-12-18(23)21(26)24-20(16(2)3)22(27)29-15-17-10-7-6-8-11-17/h6-11,13,16,18,20H,4-5,12,14-15,23H2,1-3H3,(H,24,26)/t18?,20-/m0/s1. The Kier molecular flexibility index (Phi) is 11.3. The molecule has 0 aliphatic heterocycles. The summed E-state index contributed by atoms with van der Waals surface area (Å²) in [5, 5.41) is 2.64. The maximum atomic E-state index is 12.4. The van der Waals surface area contributed by atoms with Gasteiger partial charge in [0.25, 0.3) is 0 Å². The number of hydrogen-bond donors (Lipinski definition) is 2. The Labute approximate surface area is 172 Å². The first-order chi connectivity index (χ1) is 13.8. The van der Waals surface area contributed by atoms with E-state index in [9.17, 15) is 14.4 Å². The van der Waals surface area contributed by atoms with E-state index >= 15 is 0 Å². The molecule has 0 spiro atoms. The Balaban J connectivity index is 2.49. The van der Waals surface area contributed by atoms with Gasteiger partial charge < -0.3 is 20.5 Å². The van der Waals surface area contributed by atoms with E-state index in [0.717, 1.165) is 18.4 Å². The number of ether oxygens (including phenoxy) is 2. The molecule has 0 saturated heterocycles. The minimum atomic E-state index is -0.891. The van der Waals surface area contributed by atoms with Gasteiger partial charge >= 0.3 is 11.9 Å². The molecule has 1 unspecified atom stereocenters. The zero-order valence-electron chi connectivity index (χ0n) is 17.4. The second-order valence-electron chi connectivity index (χ2n) is 7.09. The van der Waals surface area contributed by atoms with Crippen molar-refractivity contribution >= 4 is 17.8 Å². The van der Waals surface area contributed by atoms with Crippen molar-refractivity contribution in [2.24, 2.45) is 11.7 Å². The monoisotopic (exact) mass is 404 g/mol. The summed E-state index contributed by atoms with van der Waals surface area (Å²) < 4.78 is 10.3. The van der Waals surface area contributed by atoms with Crippen molar-refractivity contribution in [1.29, 1.82) is 0 Å². The van der Waals surface area contributed by atoms with Crippen LogP contribution in [0.25, 0.3) is 0 Å². The summed E-state index contributed by atoms with van der Waals surface area (Å²) in [7, 11) is 0. The minimum Gasteiger partial charge on any atom is -0.463 e. The van der Waals surface area contributed by atoms with Crippen LogP contribution in [0.1, 0.15) is 45.6 Å². The zero-order valence-corrected chi connectivity index (χ0v) is 17.4. The van der Waals surface area contributed by atoms with Gasteiger partial charge in [0, 0.05) is 6.08 Å². The molecular formula is C22H32N2O5. The molecule has 7 heteroatoms. The number of esters is 2. The molecule has 3 N–H and O–H groups in total. The topological polar surface area (TPSA) is 108 Å². The molecule has 0 heterocycles. The first kappa shape index (κ1) is 24.4. The van der Waals surface area contributed by atoms with Crippen LogP contribution in [0, 0.1) is 5.92 Å². The smallest absolute Gasteiger partial charge is 0.330 e. The van der Waals surface area contributed by atoms with Crippen molar-refractivity contribution in [3.8, 4) is 0 Å². The largest absolute Gasteiger partial charge is 0.463 e. The fourth-order valence-corrected chi connectivity index (χ4v) is 2.36. The molecule has 0 aromatic heterocycles. The number of carbonyl (C=O) groups excluding carboxylic acids is 3. The molecule has 0 aliphatic rings. The van der Waals surface area contributed by atoms with Crippen molar-refractivity contribution < 1.29 is 23.9 Å². The summed E-state index contributed by atoms with van der Waals surface area (Å²) in [4.78, 5) is 36.2. The molecule has 160 valence electrons. The Morgan fingerprint density at radius 1 is 1.14 bits per heavy atom. The summed E-state index contributed by atoms with van der Waals surface area (Å²) >= 11 is 0. The van der Waals surface area contributed by atoms with E-state index in [0.29, 0.717) is 6.61 Å². The molecule has 0 bridgehead atoms. The number of nitrogens with one attached hydrogen (secondary N) is 1. The molecule has 29 heavy (non-hydrogen) atoms. The van der Waals surface area contributed by atoms with E-state index < -0.39 is 29.9 Å². The second kappa shape index (κ2) is 13.5. The van der Waals surface area contributed by atoms with Gasteiger partial charge in [0.2, 0.25) is 5.91 Å². The third kappa shape index (κ3) is 9.89.